The molecule has 126 valence electrons. The van der Waals surface area contributed by atoms with Gasteiger partial charge in [0.1, 0.15) is 5.56 Å². The number of carbonyl (C=O) groups excluding carboxylic acids is 1. The maximum Gasteiger partial charge on any atom is 0.326 e. The van der Waals surface area contributed by atoms with Gasteiger partial charge in [0.15, 0.2) is 5.75 Å². The van der Waals surface area contributed by atoms with Crippen LogP contribution in [0.5, 0.6) is 11.5 Å². The molecule has 2 N–H and O–H groups in total. The summed E-state index contributed by atoms with van der Waals surface area (Å²) in [5, 5.41) is 34.8. The minimum absolute atomic E-state index is 0.116. The largest absolute Gasteiger partial charge is 0.504 e. The van der Waals surface area contributed by atoms with Gasteiger partial charge in [-0.2, -0.15) is 4.98 Å². The first-order valence-corrected chi connectivity index (χ1v) is 7.04. The molecule has 0 atom stereocenters. The summed E-state index contributed by atoms with van der Waals surface area (Å²) >= 11 is 0. The zero-order valence-electron chi connectivity index (χ0n) is 12.8. The molecule has 0 aliphatic carbocycles. The molecule has 3 aromatic rings. The van der Waals surface area contributed by atoms with Crippen LogP contribution in [0.2, 0.25) is 0 Å². The summed E-state index contributed by atoms with van der Waals surface area (Å²) in [5.74, 6) is -2.44. The van der Waals surface area contributed by atoms with E-state index in [4.69, 9.17) is 4.52 Å². The molecule has 0 bridgehead atoms. The molecule has 0 amide bonds. The van der Waals surface area contributed by atoms with Crippen LogP contribution >= 0.6 is 0 Å². The van der Waals surface area contributed by atoms with Crippen molar-refractivity contribution in [3.05, 3.63) is 63.5 Å². The summed E-state index contributed by atoms with van der Waals surface area (Å²) in [5.41, 5.74) is -1.32. The van der Waals surface area contributed by atoms with Gasteiger partial charge in [-0.15, -0.1) is 0 Å². The standard InChI is InChI=1S/C16H11N3O6/c1-8-17-16(18-25-8)10-7-11(20)15(22)13(19(23)24)12(10)14(21)9-5-3-2-4-6-9/h2-7,20,22H,1H3. The fraction of sp³-hybridized carbons (Fsp3) is 0.0625. The molecule has 0 saturated heterocycles. The molecule has 25 heavy (non-hydrogen) atoms. The van der Waals surface area contributed by atoms with E-state index < -0.39 is 33.5 Å². The molecule has 0 spiro atoms. The quantitative estimate of drug-likeness (QED) is 0.319. The van der Waals surface area contributed by atoms with Crippen molar-refractivity contribution in [1.29, 1.82) is 0 Å². The van der Waals surface area contributed by atoms with Gasteiger partial charge in [0.25, 0.3) is 0 Å². The van der Waals surface area contributed by atoms with E-state index in [1.54, 1.807) is 18.2 Å². The fourth-order valence-electron chi connectivity index (χ4n) is 2.37. The first-order chi connectivity index (χ1) is 11.9. The number of ketones is 1. The average Bonchev–Trinajstić information content (AvgIpc) is 3.03. The molecule has 1 aromatic heterocycles. The van der Waals surface area contributed by atoms with Crippen molar-refractivity contribution >= 4 is 11.5 Å². The zero-order chi connectivity index (χ0) is 18.1. The van der Waals surface area contributed by atoms with Crippen molar-refractivity contribution in [2.24, 2.45) is 0 Å². The number of phenolic OH excluding ortho intramolecular Hbond substituents is 2. The van der Waals surface area contributed by atoms with E-state index in [0.717, 1.165) is 6.07 Å². The Morgan fingerprint density at radius 1 is 1.24 bits per heavy atom. The summed E-state index contributed by atoms with van der Waals surface area (Å²) in [4.78, 5) is 27.3. The van der Waals surface area contributed by atoms with Crippen molar-refractivity contribution in [3.63, 3.8) is 0 Å². The van der Waals surface area contributed by atoms with E-state index in [9.17, 15) is 25.1 Å². The zero-order valence-corrected chi connectivity index (χ0v) is 12.8. The van der Waals surface area contributed by atoms with Crippen molar-refractivity contribution < 1.29 is 24.5 Å². The Bertz CT molecular complexity index is 981. The van der Waals surface area contributed by atoms with Crippen LogP contribution in [0.15, 0.2) is 40.9 Å². The van der Waals surface area contributed by atoms with Gasteiger partial charge >= 0.3 is 5.69 Å². The van der Waals surface area contributed by atoms with Crippen LogP contribution in [0.3, 0.4) is 0 Å². The molecule has 0 aliphatic heterocycles. The first kappa shape index (κ1) is 16.1. The highest BCUT2D eigenvalue weighted by Gasteiger charge is 2.33. The van der Waals surface area contributed by atoms with Crippen LogP contribution < -0.4 is 0 Å². The number of phenols is 2. The van der Waals surface area contributed by atoms with Crippen LogP contribution in [0.4, 0.5) is 5.69 Å². The molecule has 9 heteroatoms. The van der Waals surface area contributed by atoms with Gasteiger partial charge in [0, 0.05) is 18.1 Å². The van der Waals surface area contributed by atoms with Gasteiger partial charge in [-0.1, -0.05) is 35.5 Å². The number of rotatable bonds is 4. The molecule has 0 unspecified atom stereocenters. The van der Waals surface area contributed by atoms with Gasteiger partial charge in [0.2, 0.25) is 23.2 Å². The second kappa shape index (κ2) is 6.04. The maximum absolute atomic E-state index is 12.9. The molecular formula is C16H11N3O6. The SMILES string of the molecule is Cc1nc(-c2cc(O)c(O)c([N+](=O)[O-])c2C(=O)c2ccccc2)no1. The van der Waals surface area contributed by atoms with E-state index in [2.05, 4.69) is 10.1 Å². The van der Waals surface area contributed by atoms with E-state index in [-0.39, 0.29) is 22.8 Å². The lowest BCUT2D eigenvalue weighted by Crippen LogP contribution is -2.08. The number of hydrogen-bond donors (Lipinski definition) is 2. The Morgan fingerprint density at radius 2 is 1.92 bits per heavy atom. The summed E-state index contributed by atoms with van der Waals surface area (Å²) in [7, 11) is 0. The molecular weight excluding hydrogens is 330 g/mol. The molecule has 0 radical (unpaired) electrons. The Morgan fingerprint density at radius 3 is 2.48 bits per heavy atom. The fourth-order valence-corrected chi connectivity index (χ4v) is 2.37. The lowest BCUT2D eigenvalue weighted by Gasteiger charge is -2.09. The molecule has 0 fully saturated rings. The number of benzene rings is 2. The first-order valence-electron chi connectivity index (χ1n) is 7.04. The smallest absolute Gasteiger partial charge is 0.326 e. The summed E-state index contributed by atoms with van der Waals surface area (Å²) in [6.45, 7) is 1.50. The van der Waals surface area contributed by atoms with E-state index in [1.165, 1.54) is 19.1 Å². The van der Waals surface area contributed by atoms with Gasteiger partial charge in [-0.3, -0.25) is 14.9 Å². The Kier molecular flexibility index (Phi) is 3.89. The third kappa shape index (κ3) is 2.78. The predicted molar refractivity (Wildman–Crippen MR) is 84.3 cm³/mol. The number of aromatic nitrogens is 2. The monoisotopic (exact) mass is 341 g/mol. The highest BCUT2D eigenvalue weighted by Crippen LogP contribution is 2.43. The molecule has 1 heterocycles. The summed E-state index contributed by atoms with van der Waals surface area (Å²) in [6, 6.07) is 8.81. The van der Waals surface area contributed by atoms with E-state index in [1.807, 2.05) is 0 Å². The van der Waals surface area contributed by atoms with Crippen molar-refractivity contribution in [3.8, 4) is 22.9 Å². The molecule has 2 aromatic carbocycles. The Labute approximate surface area is 140 Å². The minimum Gasteiger partial charge on any atom is -0.504 e. The molecule has 9 nitrogen and oxygen atoms in total. The van der Waals surface area contributed by atoms with Gasteiger partial charge in [-0.05, 0) is 6.07 Å². The van der Waals surface area contributed by atoms with E-state index in [0.29, 0.717) is 0 Å². The normalized spacial score (nSPS) is 10.6. The highest BCUT2D eigenvalue weighted by molar-refractivity contribution is 6.16. The van der Waals surface area contributed by atoms with Crippen LogP contribution in [0, 0.1) is 17.0 Å². The van der Waals surface area contributed by atoms with Crippen LogP contribution in [0.25, 0.3) is 11.4 Å². The number of nitrogens with zero attached hydrogens (tertiary/aromatic N) is 3. The highest BCUT2D eigenvalue weighted by atomic mass is 16.6. The topological polar surface area (TPSA) is 140 Å². The third-order valence-electron chi connectivity index (χ3n) is 3.47. The van der Waals surface area contributed by atoms with Crippen molar-refractivity contribution in [1.82, 2.24) is 10.1 Å². The molecule has 0 saturated carbocycles. The number of aryl methyl sites for hydroxylation is 1. The third-order valence-corrected chi connectivity index (χ3v) is 3.47. The van der Waals surface area contributed by atoms with Crippen LogP contribution in [0.1, 0.15) is 21.8 Å². The number of nitro benzene ring substituents is 1. The predicted octanol–water partition coefficient (Wildman–Crippen LogP) is 2.60. The van der Waals surface area contributed by atoms with Gasteiger partial charge < -0.3 is 14.7 Å². The minimum atomic E-state index is -1.01. The van der Waals surface area contributed by atoms with Crippen LogP contribution in [-0.2, 0) is 0 Å². The Hall–Kier alpha value is -3.75. The van der Waals surface area contributed by atoms with Crippen LogP contribution in [-0.4, -0.2) is 31.1 Å². The number of nitro groups is 1. The Balaban J connectivity index is 2.35. The second-order valence-corrected chi connectivity index (χ2v) is 5.10. The molecule has 0 aliphatic rings. The molecule has 3 rings (SSSR count). The van der Waals surface area contributed by atoms with E-state index >= 15 is 0 Å². The average molecular weight is 341 g/mol. The van der Waals surface area contributed by atoms with Crippen molar-refractivity contribution in [2.45, 2.75) is 6.92 Å². The number of hydrogen-bond acceptors (Lipinski definition) is 8. The maximum atomic E-state index is 12.9. The summed E-state index contributed by atoms with van der Waals surface area (Å²) < 4.78 is 4.84. The lowest BCUT2D eigenvalue weighted by molar-refractivity contribution is -0.386. The number of carbonyl (C=O) groups is 1. The summed E-state index contributed by atoms with van der Waals surface area (Å²) in [6.07, 6.45) is 0. The van der Waals surface area contributed by atoms with Crippen molar-refractivity contribution in [2.75, 3.05) is 0 Å². The van der Waals surface area contributed by atoms with Gasteiger partial charge in [-0.25, -0.2) is 0 Å². The second-order valence-electron chi connectivity index (χ2n) is 5.10. The number of aromatic hydroxyl groups is 2. The lowest BCUT2D eigenvalue weighted by atomic mass is 9.95. The van der Waals surface area contributed by atoms with Gasteiger partial charge in [0.05, 0.1) is 4.92 Å².